The number of rotatable bonds is 7. The number of benzene rings is 1. The average molecular weight is 413 g/mol. The molecule has 7 heteroatoms. The topological polar surface area (TPSA) is 49.3 Å². The van der Waals surface area contributed by atoms with Crippen molar-refractivity contribution in [2.24, 2.45) is 4.99 Å². The molecular weight excluding hydrogens is 391 g/mol. The first kappa shape index (κ1) is 18.9. The van der Waals surface area contributed by atoms with Gasteiger partial charge in [-0.25, -0.2) is 9.37 Å². The normalized spacial score (nSPS) is 11.6. The molecule has 2 N–H and O–H groups in total. The van der Waals surface area contributed by atoms with Gasteiger partial charge in [-0.3, -0.25) is 4.99 Å². The molecule has 0 amide bonds. The maximum Gasteiger partial charge on any atom is 0.190 e. The van der Waals surface area contributed by atoms with Crippen LogP contribution in [0.25, 0.3) is 0 Å². The number of guanidine groups is 1. The lowest BCUT2D eigenvalue weighted by atomic mass is 10.1. The van der Waals surface area contributed by atoms with Crippen LogP contribution >= 0.6 is 27.3 Å². The summed E-state index contributed by atoms with van der Waals surface area (Å²) in [4.78, 5) is 9.77. The van der Waals surface area contributed by atoms with Crippen LogP contribution in [0.5, 0.6) is 0 Å². The van der Waals surface area contributed by atoms with Crippen molar-refractivity contribution in [3.8, 4) is 0 Å². The molecule has 0 bridgehead atoms. The Balaban J connectivity index is 1.66. The summed E-state index contributed by atoms with van der Waals surface area (Å²) in [6.45, 7) is 3.59. The van der Waals surface area contributed by atoms with Gasteiger partial charge in [0.15, 0.2) is 5.96 Å². The Hall–Kier alpha value is -1.47. The van der Waals surface area contributed by atoms with Crippen molar-refractivity contribution < 1.29 is 4.39 Å². The summed E-state index contributed by atoms with van der Waals surface area (Å²) in [5.74, 6) is 0.602. The molecule has 0 unspecified atom stereocenters. The van der Waals surface area contributed by atoms with Gasteiger partial charge >= 0.3 is 0 Å². The molecule has 0 aliphatic rings. The predicted molar refractivity (Wildman–Crippen MR) is 102 cm³/mol. The van der Waals surface area contributed by atoms with E-state index < -0.39 is 0 Å². The van der Waals surface area contributed by atoms with Crippen molar-refractivity contribution >= 4 is 33.2 Å². The first-order valence-corrected chi connectivity index (χ1v) is 9.49. The number of aromatic nitrogens is 1. The van der Waals surface area contributed by atoms with Gasteiger partial charge in [-0.15, -0.1) is 11.3 Å². The Kier molecular flexibility index (Phi) is 7.65. The van der Waals surface area contributed by atoms with Crippen LogP contribution in [0, 0.1) is 12.7 Å². The third kappa shape index (κ3) is 6.20. The minimum absolute atomic E-state index is 0.161. The number of aryl methyl sites for hydroxylation is 2. The van der Waals surface area contributed by atoms with Crippen LogP contribution in [0.4, 0.5) is 4.39 Å². The highest BCUT2D eigenvalue weighted by Gasteiger charge is 2.04. The molecule has 2 rings (SSSR count). The van der Waals surface area contributed by atoms with Crippen LogP contribution in [0.15, 0.2) is 33.9 Å². The van der Waals surface area contributed by atoms with E-state index in [1.165, 1.54) is 10.9 Å². The zero-order chi connectivity index (χ0) is 17.4. The van der Waals surface area contributed by atoms with Crippen LogP contribution < -0.4 is 10.6 Å². The van der Waals surface area contributed by atoms with E-state index in [9.17, 15) is 4.39 Å². The quantitative estimate of drug-likeness (QED) is 0.414. The van der Waals surface area contributed by atoms with Crippen LogP contribution in [-0.4, -0.2) is 31.1 Å². The molecule has 1 heterocycles. The second-order valence-electron chi connectivity index (χ2n) is 5.38. The molecule has 24 heavy (non-hydrogen) atoms. The van der Waals surface area contributed by atoms with Crippen LogP contribution in [0.2, 0.25) is 0 Å². The average Bonchev–Trinajstić information content (AvgIpc) is 2.96. The van der Waals surface area contributed by atoms with Gasteiger partial charge in [-0.1, -0.05) is 22.0 Å². The van der Waals surface area contributed by atoms with Crippen LogP contribution in [-0.2, 0) is 12.8 Å². The lowest BCUT2D eigenvalue weighted by Crippen LogP contribution is -2.38. The lowest BCUT2D eigenvalue weighted by Gasteiger charge is -2.11. The van der Waals surface area contributed by atoms with E-state index in [0.29, 0.717) is 6.42 Å². The fraction of sp³-hybridized carbons (Fsp3) is 0.412. The van der Waals surface area contributed by atoms with E-state index in [4.69, 9.17) is 0 Å². The maximum atomic E-state index is 13.7. The molecule has 0 aliphatic carbocycles. The summed E-state index contributed by atoms with van der Waals surface area (Å²) in [5.41, 5.74) is 0.738. The van der Waals surface area contributed by atoms with Gasteiger partial charge in [0.25, 0.3) is 0 Å². The molecule has 0 saturated heterocycles. The highest BCUT2D eigenvalue weighted by Crippen LogP contribution is 2.16. The van der Waals surface area contributed by atoms with Crippen LogP contribution in [0.1, 0.15) is 21.9 Å². The molecule has 0 radical (unpaired) electrons. The Bertz CT molecular complexity index is 687. The molecular formula is C17H22BrFN4S. The molecule has 0 atom stereocenters. The number of nitrogens with one attached hydrogen (secondary N) is 2. The second-order valence-corrected chi connectivity index (χ2v) is 7.61. The fourth-order valence-corrected chi connectivity index (χ4v) is 3.36. The van der Waals surface area contributed by atoms with Crippen molar-refractivity contribution in [1.82, 2.24) is 15.6 Å². The summed E-state index contributed by atoms with van der Waals surface area (Å²) < 4.78 is 14.5. The van der Waals surface area contributed by atoms with E-state index in [0.717, 1.165) is 46.9 Å². The number of hydrogen-bond acceptors (Lipinski definition) is 3. The monoisotopic (exact) mass is 412 g/mol. The van der Waals surface area contributed by atoms with E-state index in [1.807, 2.05) is 18.3 Å². The standard InChI is InChI=1S/C17H22BrFN4S/c1-12-11-23-16(24-12)7-9-22-17(20-2)21-8-3-4-13-5-6-14(18)10-15(13)19/h5-6,10-11H,3-4,7-9H2,1-2H3,(H2,20,21,22). The predicted octanol–water partition coefficient (Wildman–Crippen LogP) is 3.69. The smallest absolute Gasteiger partial charge is 0.190 e. The van der Waals surface area contributed by atoms with Crippen molar-refractivity contribution in [2.75, 3.05) is 20.1 Å². The molecule has 0 fully saturated rings. The summed E-state index contributed by atoms with van der Waals surface area (Å²) in [5, 5.41) is 7.65. The Morgan fingerprint density at radius 2 is 2.08 bits per heavy atom. The van der Waals surface area contributed by atoms with Gasteiger partial charge in [0.1, 0.15) is 5.82 Å². The van der Waals surface area contributed by atoms with Gasteiger partial charge in [-0.2, -0.15) is 0 Å². The van der Waals surface area contributed by atoms with Crippen molar-refractivity contribution in [1.29, 1.82) is 0 Å². The number of thiazole rings is 1. The Morgan fingerprint density at radius 1 is 1.29 bits per heavy atom. The van der Waals surface area contributed by atoms with Crippen LogP contribution in [0.3, 0.4) is 0 Å². The zero-order valence-corrected chi connectivity index (χ0v) is 16.3. The highest BCUT2D eigenvalue weighted by molar-refractivity contribution is 9.10. The fourth-order valence-electron chi connectivity index (χ4n) is 2.24. The first-order chi connectivity index (χ1) is 11.6. The third-order valence-corrected chi connectivity index (χ3v) is 4.92. The molecule has 1 aromatic carbocycles. The number of halogens is 2. The molecule has 4 nitrogen and oxygen atoms in total. The van der Waals surface area contributed by atoms with E-state index in [2.05, 4.69) is 43.5 Å². The molecule has 0 aliphatic heterocycles. The van der Waals surface area contributed by atoms with Gasteiger partial charge in [-0.05, 0) is 37.5 Å². The van der Waals surface area contributed by atoms with Gasteiger partial charge in [0.05, 0.1) is 5.01 Å². The molecule has 1 aromatic heterocycles. The summed E-state index contributed by atoms with van der Waals surface area (Å²) >= 11 is 4.99. The molecule has 2 aromatic rings. The zero-order valence-electron chi connectivity index (χ0n) is 13.9. The van der Waals surface area contributed by atoms with Gasteiger partial charge in [0, 0.05) is 42.1 Å². The van der Waals surface area contributed by atoms with E-state index >= 15 is 0 Å². The minimum atomic E-state index is -0.161. The number of aliphatic imine (C=N–C) groups is 1. The van der Waals surface area contributed by atoms with Crippen molar-refractivity contribution in [3.05, 3.63) is 50.1 Å². The Morgan fingerprint density at radius 3 is 2.75 bits per heavy atom. The van der Waals surface area contributed by atoms with E-state index in [1.54, 1.807) is 18.4 Å². The minimum Gasteiger partial charge on any atom is -0.356 e. The highest BCUT2D eigenvalue weighted by atomic mass is 79.9. The largest absolute Gasteiger partial charge is 0.356 e. The first-order valence-electron chi connectivity index (χ1n) is 7.88. The summed E-state index contributed by atoms with van der Waals surface area (Å²) in [6.07, 6.45) is 4.31. The molecule has 0 saturated carbocycles. The van der Waals surface area contributed by atoms with Gasteiger partial charge < -0.3 is 10.6 Å². The number of hydrogen-bond donors (Lipinski definition) is 2. The second kappa shape index (κ2) is 9.74. The molecule has 130 valence electrons. The van der Waals surface area contributed by atoms with Crippen molar-refractivity contribution in [3.63, 3.8) is 0 Å². The lowest BCUT2D eigenvalue weighted by molar-refractivity contribution is 0.602. The number of nitrogens with zero attached hydrogens (tertiary/aromatic N) is 2. The maximum absolute atomic E-state index is 13.7. The Labute approximate surface area is 154 Å². The SMILES string of the molecule is CN=C(NCCCc1ccc(Br)cc1F)NCCc1ncc(C)s1. The third-order valence-electron chi connectivity index (χ3n) is 3.45. The van der Waals surface area contributed by atoms with E-state index in [-0.39, 0.29) is 5.82 Å². The van der Waals surface area contributed by atoms with Crippen molar-refractivity contribution in [2.45, 2.75) is 26.2 Å². The molecule has 0 spiro atoms. The summed E-state index contributed by atoms with van der Waals surface area (Å²) in [6, 6.07) is 5.19. The summed E-state index contributed by atoms with van der Waals surface area (Å²) in [7, 11) is 1.75. The van der Waals surface area contributed by atoms with Gasteiger partial charge in [0.2, 0.25) is 0 Å².